The molecule has 0 spiro atoms. The molecule has 15 heteroatoms. The molecule has 2 aromatic carbocycles. The number of carbonyl (C=O) groups excluding carboxylic acids is 1. The quantitative estimate of drug-likeness (QED) is 0.192. The first kappa shape index (κ1) is 35.6. The van der Waals surface area contributed by atoms with Crippen molar-refractivity contribution in [2.45, 2.75) is 75.6 Å². The first-order chi connectivity index (χ1) is 23.1. The van der Waals surface area contributed by atoms with E-state index < -0.39 is 54.2 Å². The molecule has 3 aliphatic rings. The number of benzene rings is 2. The number of ether oxygens (including phenoxy) is 2. The van der Waals surface area contributed by atoms with Crippen molar-refractivity contribution in [3.63, 3.8) is 0 Å². The van der Waals surface area contributed by atoms with Crippen LogP contribution in [0, 0.1) is 11.6 Å². The van der Waals surface area contributed by atoms with Crippen LogP contribution in [0.2, 0.25) is 0 Å². The zero-order chi connectivity index (χ0) is 35.3. The van der Waals surface area contributed by atoms with E-state index in [1.165, 1.54) is 24.0 Å². The highest BCUT2D eigenvalue weighted by Crippen LogP contribution is 2.55. The smallest absolute Gasteiger partial charge is 0.475 e. The van der Waals surface area contributed by atoms with Gasteiger partial charge in [-0.2, -0.15) is 0 Å². The molecule has 6 rings (SSSR count). The summed E-state index contributed by atoms with van der Waals surface area (Å²) in [5.74, 6) is -2.39. The van der Waals surface area contributed by atoms with E-state index in [4.69, 9.17) is 23.0 Å². The molecule has 1 fully saturated rings. The predicted molar refractivity (Wildman–Crippen MR) is 179 cm³/mol. The van der Waals surface area contributed by atoms with E-state index >= 15 is 4.39 Å². The number of fused-ring (bicyclic) bond motifs is 4. The van der Waals surface area contributed by atoms with E-state index in [0.717, 1.165) is 16.5 Å². The Morgan fingerprint density at radius 1 is 0.959 bits per heavy atom. The van der Waals surface area contributed by atoms with Gasteiger partial charge in [0.05, 0.1) is 37.1 Å². The number of pyridine rings is 1. The molecule has 3 aromatic rings. The molecule has 1 amide bonds. The van der Waals surface area contributed by atoms with Crippen molar-refractivity contribution in [3.8, 4) is 5.75 Å². The molecule has 4 heterocycles. The van der Waals surface area contributed by atoms with Gasteiger partial charge in [0.2, 0.25) is 5.43 Å². The summed E-state index contributed by atoms with van der Waals surface area (Å²) < 4.78 is 73.9. The Kier molecular flexibility index (Phi) is 9.77. The van der Waals surface area contributed by atoms with E-state index in [1.54, 1.807) is 57.2 Å². The van der Waals surface area contributed by atoms with Crippen molar-refractivity contribution >= 4 is 25.5 Å². The lowest BCUT2D eigenvalue weighted by Gasteiger charge is -2.51. The van der Waals surface area contributed by atoms with Crippen molar-refractivity contribution < 1.29 is 41.2 Å². The molecular weight excluding hydrogens is 679 g/mol. The summed E-state index contributed by atoms with van der Waals surface area (Å²) >= 11 is 1.40. The molecular formula is C34H40F2N3O8PS. The van der Waals surface area contributed by atoms with Gasteiger partial charge in [-0.3, -0.25) is 32.8 Å². The molecule has 0 radical (unpaired) electrons. The van der Waals surface area contributed by atoms with Crippen LogP contribution in [-0.2, 0) is 28.6 Å². The summed E-state index contributed by atoms with van der Waals surface area (Å²) in [6, 6.07) is 10.8. The SMILES string of the molecule is CC(C)(C)OP(=O)(OCCOc1c2n(ccc1=O)N([C@@H]1c3ccccc3SCc3c1ccc(F)c3F)[C@@H]1COCCN1C2=O)OC(C)(C)C. The topological polar surface area (TPSA) is 109 Å². The Morgan fingerprint density at radius 2 is 1.67 bits per heavy atom. The van der Waals surface area contributed by atoms with Crippen LogP contribution in [0.5, 0.6) is 5.75 Å². The maximum atomic E-state index is 15.5. The van der Waals surface area contributed by atoms with Crippen molar-refractivity contribution in [1.29, 1.82) is 0 Å². The first-order valence-corrected chi connectivity index (χ1v) is 18.4. The number of hydrogen-bond donors (Lipinski definition) is 0. The molecule has 3 aliphatic heterocycles. The fraction of sp³-hybridized carbons (Fsp3) is 0.471. The number of rotatable bonds is 8. The lowest BCUT2D eigenvalue weighted by molar-refractivity contribution is -0.0201. The van der Waals surface area contributed by atoms with Gasteiger partial charge in [0.15, 0.2) is 23.1 Å². The molecule has 0 unspecified atom stereocenters. The van der Waals surface area contributed by atoms with Crippen LogP contribution < -0.4 is 15.2 Å². The number of amides is 1. The Bertz CT molecular complexity index is 1840. The van der Waals surface area contributed by atoms with Crippen molar-refractivity contribution in [2.75, 3.05) is 38.0 Å². The van der Waals surface area contributed by atoms with E-state index in [-0.39, 0.29) is 55.7 Å². The van der Waals surface area contributed by atoms with Crippen LogP contribution in [0.4, 0.5) is 8.78 Å². The van der Waals surface area contributed by atoms with E-state index in [0.29, 0.717) is 5.56 Å². The summed E-state index contributed by atoms with van der Waals surface area (Å²) in [7, 11) is -4.07. The van der Waals surface area contributed by atoms with Gasteiger partial charge in [0, 0.05) is 35.0 Å². The fourth-order valence-corrected chi connectivity index (χ4v) is 9.04. The predicted octanol–water partition coefficient (Wildman–Crippen LogP) is 6.41. The van der Waals surface area contributed by atoms with Gasteiger partial charge in [-0.15, -0.1) is 11.8 Å². The Balaban J connectivity index is 1.41. The molecule has 0 saturated carbocycles. The summed E-state index contributed by atoms with van der Waals surface area (Å²) in [6.45, 7) is 10.3. The molecule has 0 aliphatic carbocycles. The third-order valence-electron chi connectivity index (χ3n) is 7.88. The normalized spacial score (nSPS) is 19.5. The number of nitrogens with zero attached hydrogens (tertiary/aromatic N) is 3. The summed E-state index contributed by atoms with van der Waals surface area (Å²) in [5.41, 5.74) is -0.781. The number of carbonyl (C=O) groups is 1. The monoisotopic (exact) mass is 719 g/mol. The zero-order valence-electron chi connectivity index (χ0n) is 28.2. The van der Waals surface area contributed by atoms with Gasteiger partial charge in [0.25, 0.3) is 5.91 Å². The van der Waals surface area contributed by atoms with Crippen molar-refractivity contribution in [1.82, 2.24) is 9.58 Å². The second-order valence-electron chi connectivity index (χ2n) is 13.8. The first-order valence-electron chi connectivity index (χ1n) is 16.0. The van der Waals surface area contributed by atoms with Gasteiger partial charge in [0.1, 0.15) is 12.8 Å². The van der Waals surface area contributed by atoms with Crippen molar-refractivity contribution in [3.05, 3.63) is 92.9 Å². The number of phosphoric ester groups is 1. The van der Waals surface area contributed by atoms with Gasteiger partial charge in [-0.05, 0) is 64.8 Å². The highest BCUT2D eigenvalue weighted by atomic mass is 32.2. The highest BCUT2D eigenvalue weighted by Gasteiger charge is 2.46. The second-order valence-corrected chi connectivity index (χ2v) is 16.4. The van der Waals surface area contributed by atoms with E-state index in [1.807, 2.05) is 29.3 Å². The summed E-state index contributed by atoms with van der Waals surface area (Å²) in [4.78, 5) is 30.0. The Morgan fingerprint density at radius 3 is 2.39 bits per heavy atom. The van der Waals surface area contributed by atoms with Gasteiger partial charge in [-0.1, -0.05) is 24.3 Å². The van der Waals surface area contributed by atoms with Gasteiger partial charge in [-0.25, -0.2) is 13.3 Å². The maximum absolute atomic E-state index is 15.5. The van der Waals surface area contributed by atoms with Crippen molar-refractivity contribution in [2.24, 2.45) is 0 Å². The molecule has 0 bridgehead atoms. The van der Waals surface area contributed by atoms with Crippen LogP contribution >= 0.6 is 19.6 Å². The molecule has 1 aromatic heterocycles. The molecule has 49 heavy (non-hydrogen) atoms. The lowest BCUT2D eigenvalue weighted by Crippen LogP contribution is -2.66. The highest BCUT2D eigenvalue weighted by molar-refractivity contribution is 7.98. The number of hydrogen-bond acceptors (Lipinski definition) is 10. The van der Waals surface area contributed by atoms with Crippen LogP contribution in [0.3, 0.4) is 0 Å². The summed E-state index contributed by atoms with van der Waals surface area (Å²) in [5, 5.41) is 1.86. The zero-order valence-corrected chi connectivity index (χ0v) is 29.9. The Hall–Kier alpha value is -3.26. The largest absolute Gasteiger partial charge is 0.485 e. The Labute approximate surface area is 288 Å². The van der Waals surface area contributed by atoms with Gasteiger partial charge < -0.3 is 14.4 Å². The molecule has 11 nitrogen and oxygen atoms in total. The average Bonchev–Trinajstić information content (AvgIpc) is 3.18. The average molecular weight is 720 g/mol. The minimum Gasteiger partial charge on any atom is -0.485 e. The third kappa shape index (κ3) is 7.31. The molecule has 0 N–H and O–H groups in total. The van der Waals surface area contributed by atoms with Crippen LogP contribution in [0.25, 0.3) is 0 Å². The summed E-state index contributed by atoms with van der Waals surface area (Å²) in [6.07, 6.45) is 0.817. The van der Waals surface area contributed by atoms with Crippen LogP contribution in [0.15, 0.2) is 58.4 Å². The van der Waals surface area contributed by atoms with E-state index in [9.17, 15) is 18.5 Å². The molecule has 264 valence electrons. The number of morpholine rings is 1. The second kappa shape index (κ2) is 13.5. The minimum atomic E-state index is -4.07. The van der Waals surface area contributed by atoms with Crippen LogP contribution in [0.1, 0.15) is 74.8 Å². The molecule has 1 saturated heterocycles. The van der Waals surface area contributed by atoms with E-state index in [2.05, 4.69) is 0 Å². The third-order valence-corrected chi connectivity index (χ3v) is 11.0. The standard InChI is InChI=1S/C34H40F2N3O8PS/c1-33(2,3)46-48(42,47-34(4,5)6)45-18-17-44-31-25(40)13-14-38-30(31)32(41)37-15-16-43-19-27(37)39(38)29-21-11-12-24(35)28(36)23(21)20-49-26-10-8-7-9-22(26)29/h7-14,27,29H,15-20H2,1-6H3/t27-,29+/m1/s1. The fourth-order valence-electron chi connectivity index (χ4n) is 6.14. The molecule has 2 atom stereocenters. The number of phosphoric acid groups is 1. The lowest BCUT2D eigenvalue weighted by atomic mass is 9.93. The number of halogens is 2. The van der Waals surface area contributed by atoms with Crippen LogP contribution in [-0.4, -0.2) is 65.8 Å². The van der Waals surface area contributed by atoms with Gasteiger partial charge >= 0.3 is 7.82 Å². The number of thioether (sulfide) groups is 1. The number of aromatic nitrogens is 1. The minimum absolute atomic E-state index is 0.0516. The maximum Gasteiger partial charge on any atom is 0.475 e.